The molecule has 1 aliphatic rings. The highest BCUT2D eigenvalue weighted by Gasteiger charge is 2.24. The molecule has 6 heteroatoms. The number of rotatable bonds is 4. The molecule has 27 heavy (non-hydrogen) atoms. The Bertz CT molecular complexity index is 1060. The van der Waals surface area contributed by atoms with Gasteiger partial charge >= 0.3 is 5.97 Å². The van der Waals surface area contributed by atoms with Crippen molar-refractivity contribution in [2.24, 2.45) is 0 Å². The van der Waals surface area contributed by atoms with E-state index in [4.69, 9.17) is 0 Å². The Hall–Kier alpha value is -3.80. The summed E-state index contributed by atoms with van der Waals surface area (Å²) < 4.78 is 0. The molecule has 0 fully saturated rings. The molecule has 1 aromatic heterocycles. The molecule has 0 saturated heterocycles. The summed E-state index contributed by atoms with van der Waals surface area (Å²) in [5, 5.41) is 9.44. The van der Waals surface area contributed by atoms with Crippen molar-refractivity contribution in [2.45, 2.75) is 0 Å². The Balaban J connectivity index is 1.74. The zero-order valence-electron chi connectivity index (χ0n) is 14.2. The van der Waals surface area contributed by atoms with Gasteiger partial charge in [0.1, 0.15) is 18.4 Å². The van der Waals surface area contributed by atoms with Crippen molar-refractivity contribution in [1.82, 2.24) is 9.97 Å². The summed E-state index contributed by atoms with van der Waals surface area (Å²) in [6, 6.07) is 16.4. The van der Waals surface area contributed by atoms with E-state index < -0.39 is 5.97 Å². The lowest BCUT2D eigenvalue weighted by molar-refractivity contribution is -0.130. The number of aromatic nitrogens is 2. The maximum absolute atomic E-state index is 11.5. The van der Waals surface area contributed by atoms with Crippen molar-refractivity contribution < 1.29 is 14.7 Å². The number of carbonyl (C=O) groups excluding carboxylic acids is 1. The highest BCUT2D eigenvalue weighted by Crippen LogP contribution is 2.36. The summed E-state index contributed by atoms with van der Waals surface area (Å²) in [5.41, 5.74) is 3.94. The molecule has 0 aliphatic carbocycles. The number of para-hydroxylation sites is 1. The first-order valence-electron chi connectivity index (χ1n) is 8.35. The Morgan fingerprint density at radius 3 is 2.59 bits per heavy atom. The smallest absolute Gasteiger partial charge is 0.336 e. The molecular formula is C21H15N3O3. The monoisotopic (exact) mass is 357 g/mol. The Morgan fingerprint density at radius 1 is 1.07 bits per heavy atom. The molecule has 0 unspecified atom stereocenters. The van der Waals surface area contributed by atoms with Gasteiger partial charge in [0, 0.05) is 29.3 Å². The second kappa shape index (κ2) is 6.84. The van der Waals surface area contributed by atoms with E-state index in [1.807, 2.05) is 41.3 Å². The van der Waals surface area contributed by atoms with E-state index in [1.54, 1.807) is 24.3 Å². The third-order valence-electron chi connectivity index (χ3n) is 4.47. The Morgan fingerprint density at radius 2 is 1.85 bits per heavy atom. The molecule has 3 aromatic rings. The van der Waals surface area contributed by atoms with Gasteiger partial charge in [-0.1, -0.05) is 42.5 Å². The summed E-state index contributed by atoms with van der Waals surface area (Å²) in [5.74, 6) is -0.270. The van der Waals surface area contributed by atoms with E-state index >= 15 is 0 Å². The van der Waals surface area contributed by atoms with Crippen LogP contribution in [0.3, 0.4) is 0 Å². The number of nitrogens with zero attached hydrogens (tertiary/aromatic N) is 3. The molecule has 0 amide bonds. The van der Waals surface area contributed by atoms with Gasteiger partial charge in [0.15, 0.2) is 0 Å². The molecule has 2 aromatic carbocycles. The molecule has 2 heterocycles. The van der Waals surface area contributed by atoms with Crippen LogP contribution in [0.2, 0.25) is 0 Å². The third kappa shape index (κ3) is 3.08. The molecule has 0 radical (unpaired) electrons. The zero-order valence-corrected chi connectivity index (χ0v) is 14.2. The van der Waals surface area contributed by atoms with Crippen LogP contribution in [0, 0.1) is 0 Å². The first-order valence-corrected chi connectivity index (χ1v) is 8.35. The van der Waals surface area contributed by atoms with E-state index in [2.05, 4.69) is 9.97 Å². The van der Waals surface area contributed by atoms with E-state index in [9.17, 15) is 14.7 Å². The average molecular weight is 357 g/mol. The van der Waals surface area contributed by atoms with Gasteiger partial charge in [0.05, 0.1) is 17.0 Å². The highest BCUT2D eigenvalue weighted by molar-refractivity contribution is 6.18. The minimum Gasteiger partial charge on any atom is -0.478 e. The van der Waals surface area contributed by atoms with Crippen molar-refractivity contribution >= 4 is 29.3 Å². The van der Waals surface area contributed by atoms with Gasteiger partial charge < -0.3 is 10.0 Å². The molecule has 1 N–H and O–H groups in total. The molecular weight excluding hydrogens is 342 g/mol. The van der Waals surface area contributed by atoms with Crippen LogP contribution in [0.15, 0.2) is 67.0 Å². The summed E-state index contributed by atoms with van der Waals surface area (Å²) in [7, 11) is 0. The van der Waals surface area contributed by atoms with Crippen molar-refractivity contribution in [3.8, 4) is 11.3 Å². The van der Waals surface area contributed by atoms with Crippen LogP contribution in [-0.2, 0) is 4.79 Å². The number of aldehydes is 1. The van der Waals surface area contributed by atoms with Gasteiger partial charge in [-0.2, -0.15) is 0 Å². The van der Waals surface area contributed by atoms with Gasteiger partial charge in [-0.15, -0.1) is 0 Å². The third-order valence-corrected chi connectivity index (χ3v) is 4.47. The molecule has 1 aliphatic heterocycles. The SMILES string of the molecule is O=Cc1ccc(-c2cc(N3CC=C(C(=O)O)c4ccccc43)ncn2)cc1. The van der Waals surface area contributed by atoms with Crippen LogP contribution in [0.4, 0.5) is 11.5 Å². The zero-order chi connectivity index (χ0) is 18.8. The fourth-order valence-electron chi connectivity index (χ4n) is 3.13. The normalized spacial score (nSPS) is 12.9. The number of carboxylic acid groups (broad SMARTS) is 1. The van der Waals surface area contributed by atoms with Gasteiger partial charge in [-0.05, 0) is 12.1 Å². The number of hydrogen-bond acceptors (Lipinski definition) is 5. The number of fused-ring (bicyclic) bond motifs is 1. The topological polar surface area (TPSA) is 83.4 Å². The number of aliphatic carboxylic acids is 1. The average Bonchev–Trinajstić information content (AvgIpc) is 2.73. The maximum atomic E-state index is 11.5. The first-order chi connectivity index (χ1) is 13.2. The summed E-state index contributed by atoms with van der Waals surface area (Å²) in [4.78, 5) is 33.0. The Kier molecular flexibility index (Phi) is 4.22. The van der Waals surface area contributed by atoms with Crippen LogP contribution in [0.25, 0.3) is 16.8 Å². The predicted molar refractivity (Wildman–Crippen MR) is 102 cm³/mol. The molecule has 0 atom stereocenters. The molecule has 0 saturated carbocycles. The summed E-state index contributed by atoms with van der Waals surface area (Å²) in [6.07, 6.45) is 3.97. The lowest BCUT2D eigenvalue weighted by atomic mass is 9.99. The molecule has 0 bridgehead atoms. The fraction of sp³-hybridized carbons (Fsp3) is 0.0476. The van der Waals surface area contributed by atoms with Crippen molar-refractivity contribution in [3.05, 3.63) is 78.1 Å². The molecule has 0 spiro atoms. The number of carboxylic acids is 1. The largest absolute Gasteiger partial charge is 0.478 e. The Labute approximate surface area is 155 Å². The van der Waals surface area contributed by atoms with E-state index in [0.717, 1.165) is 23.2 Å². The second-order valence-electron chi connectivity index (χ2n) is 6.05. The van der Waals surface area contributed by atoms with Crippen LogP contribution >= 0.6 is 0 Å². The lowest BCUT2D eigenvalue weighted by Crippen LogP contribution is -2.24. The number of benzene rings is 2. The van der Waals surface area contributed by atoms with Gasteiger partial charge in [-0.3, -0.25) is 4.79 Å². The summed E-state index contributed by atoms with van der Waals surface area (Å²) in [6.45, 7) is 0.402. The number of anilines is 2. The predicted octanol–water partition coefficient (Wildman–Crippen LogP) is 3.58. The minimum atomic E-state index is -0.944. The molecule has 6 nitrogen and oxygen atoms in total. The van der Waals surface area contributed by atoms with E-state index in [1.165, 1.54) is 6.33 Å². The number of carbonyl (C=O) groups is 2. The minimum absolute atomic E-state index is 0.292. The second-order valence-corrected chi connectivity index (χ2v) is 6.05. The number of hydrogen-bond donors (Lipinski definition) is 1. The maximum Gasteiger partial charge on any atom is 0.336 e. The summed E-state index contributed by atoms with van der Waals surface area (Å²) >= 11 is 0. The molecule has 132 valence electrons. The fourth-order valence-corrected chi connectivity index (χ4v) is 3.13. The van der Waals surface area contributed by atoms with Gasteiger partial charge in [0.25, 0.3) is 0 Å². The van der Waals surface area contributed by atoms with Crippen LogP contribution in [0.1, 0.15) is 15.9 Å². The van der Waals surface area contributed by atoms with Crippen LogP contribution in [0.5, 0.6) is 0 Å². The highest BCUT2D eigenvalue weighted by atomic mass is 16.4. The van der Waals surface area contributed by atoms with Gasteiger partial charge in [-0.25, -0.2) is 14.8 Å². The van der Waals surface area contributed by atoms with Crippen molar-refractivity contribution in [1.29, 1.82) is 0 Å². The van der Waals surface area contributed by atoms with Crippen LogP contribution in [-0.4, -0.2) is 33.9 Å². The van der Waals surface area contributed by atoms with Crippen molar-refractivity contribution in [3.63, 3.8) is 0 Å². The molecule has 4 rings (SSSR count). The quantitative estimate of drug-likeness (QED) is 0.719. The first kappa shape index (κ1) is 16.7. The van der Waals surface area contributed by atoms with E-state index in [-0.39, 0.29) is 0 Å². The van der Waals surface area contributed by atoms with Gasteiger partial charge in [0.2, 0.25) is 0 Å². The lowest BCUT2D eigenvalue weighted by Gasteiger charge is -2.29. The van der Waals surface area contributed by atoms with Crippen molar-refractivity contribution in [2.75, 3.05) is 11.4 Å². The standard InChI is InChI=1S/C21H15N3O3/c25-12-14-5-7-15(8-6-14)18-11-20(23-13-22-18)24-10-9-17(21(26)27)16-3-1-2-4-19(16)24/h1-9,11-13H,10H2,(H,26,27). The van der Waals surface area contributed by atoms with Crippen LogP contribution < -0.4 is 4.90 Å². The van der Waals surface area contributed by atoms with E-state index in [0.29, 0.717) is 29.1 Å².